The highest BCUT2D eigenvalue weighted by Crippen LogP contribution is 2.20. The van der Waals surface area contributed by atoms with Gasteiger partial charge >= 0.3 is 0 Å². The number of nitrogens with zero attached hydrogens (tertiary/aromatic N) is 4. The Kier molecular flexibility index (Phi) is 4.02. The van der Waals surface area contributed by atoms with Gasteiger partial charge in [0.15, 0.2) is 0 Å². The molecule has 8 heteroatoms. The second-order valence-corrected chi connectivity index (χ2v) is 5.10. The highest BCUT2D eigenvalue weighted by molar-refractivity contribution is 6.04. The maximum absolute atomic E-state index is 12.3. The fraction of sp³-hybridized carbons (Fsp3) is 0.0625. The van der Waals surface area contributed by atoms with E-state index >= 15 is 0 Å². The van der Waals surface area contributed by atoms with Crippen LogP contribution in [0.2, 0.25) is 0 Å². The van der Waals surface area contributed by atoms with Crippen molar-refractivity contribution in [2.75, 3.05) is 5.32 Å². The Bertz CT molecular complexity index is 889. The van der Waals surface area contributed by atoms with Crippen LogP contribution in [0.25, 0.3) is 5.69 Å². The lowest BCUT2D eigenvalue weighted by molar-refractivity contribution is -0.385. The first-order valence-electron chi connectivity index (χ1n) is 7.06. The number of nitro benzene ring substituents is 1. The van der Waals surface area contributed by atoms with Crippen molar-refractivity contribution in [1.29, 1.82) is 0 Å². The summed E-state index contributed by atoms with van der Waals surface area (Å²) in [7, 11) is 0. The van der Waals surface area contributed by atoms with Gasteiger partial charge in [0, 0.05) is 22.9 Å². The number of anilines is 1. The molecule has 0 spiro atoms. The molecule has 0 bridgehead atoms. The zero-order chi connectivity index (χ0) is 17.1. The highest BCUT2D eigenvalue weighted by atomic mass is 16.6. The minimum atomic E-state index is -0.501. The Morgan fingerprint density at radius 3 is 2.58 bits per heavy atom. The molecule has 3 aromatic rings. The Morgan fingerprint density at radius 1 is 1.21 bits per heavy atom. The van der Waals surface area contributed by atoms with Crippen molar-refractivity contribution < 1.29 is 9.72 Å². The Labute approximate surface area is 136 Å². The fourth-order valence-electron chi connectivity index (χ4n) is 2.19. The van der Waals surface area contributed by atoms with E-state index in [0.29, 0.717) is 11.3 Å². The fourth-order valence-corrected chi connectivity index (χ4v) is 2.19. The number of rotatable bonds is 4. The molecule has 2 aromatic carbocycles. The van der Waals surface area contributed by atoms with E-state index in [1.807, 2.05) is 0 Å². The summed E-state index contributed by atoms with van der Waals surface area (Å²) in [6.07, 6.45) is 3.00. The first-order valence-corrected chi connectivity index (χ1v) is 7.06. The van der Waals surface area contributed by atoms with Gasteiger partial charge in [-0.1, -0.05) is 6.07 Å². The number of aromatic nitrogens is 3. The maximum atomic E-state index is 12.3. The van der Waals surface area contributed by atoms with Gasteiger partial charge in [-0.15, -0.1) is 0 Å². The number of benzene rings is 2. The second-order valence-electron chi connectivity index (χ2n) is 5.10. The first-order chi connectivity index (χ1) is 11.5. The van der Waals surface area contributed by atoms with E-state index in [9.17, 15) is 14.9 Å². The summed E-state index contributed by atoms with van der Waals surface area (Å²) in [5, 5.41) is 17.7. The molecule has 120 valence electrons. The summed E-state index contributed by atoms with van der Waals surface area (Å²) in [5.41, 5.74) is 2.04. The van der Waals surface area contributed by atoms with Crippen LogP contribution in [-0.2, 0) is 0 Å². The topological polar surface area (TPSA) is 103 Å². The molecule has 0 atom stereocenters. The molecule has 1 N–H and O–H groups in total. The largest absolute Gasteiger partial charge is 0.322 e. The van der Waals surface area contributed by atoms with Gasteiger partial charge in [-0.05, 0) is 37.3 Å². The molecule has 0 saturated heterocycles. The Morgan fingerprint density at radius 2 is 1.96 bits per heavy atom. The molecule has 0 aliphatic carbocycles. The third-order valence-corrected chi connectivity index (χ3v) is 3.48. The summed E-state index contributed by atoms with van der Waals surface area (Å²) in [4.78, 5) is 26.6. The van der Waals surface area contributed by atoms with E-state index in [1.165, 1.54) is 12.4 Å². The average Bonchev–Trinajstić information content (AvgIpc) is 3.10. The Hall–Kier alpha value is -3.55. The molecule has 1 aromatic heterocycles. The predicted molar refractivity (Wildman–Crippen MR) is 87.1 cm³/mol. The van der Waals surface area contributed by atoms with Gasteiger partial charge in [-0.3, -0.25) is 14.9 Å². The molecule has 24 heavy (non-hydrogen) atoms. The second kappa shape index (κ2) is 6.29. The van der Waals surface area contributed by atoms with Crippen LogP contribution in [0.15, 0.2) is 55.1 Å². The number of carbonyl (C=O) groups is 1. The normalized spacial score (nSPS) is 10.4. The summed E-state index contributed by atoms with van der Waals surface area (Å²) < 4.78 is 1.59. The summed E-state index contributed by atoms with van der Waals surface area (Å²) in [6.45, 7) is 1.63. The molecular weight excluding hydrogens is 310 g/mol. The van der Waals surface area contributed by atoms with Crippen molar-refractivity contribution in [3.63, 3.8) is 0 Å². The van der Waals surface area contributed by atoms with Crippen LogP contribution in [0.4, 0.5) is 11.4 Å². The van der Waals surface area contributed by atoms with Crippen LogP contribution in [0.3, 0.4) is 0 Å². The van der Waals surface area contributed by atoms with E-state index in [4.69, 9.17) is 0 Å². The van der Waals surface area contributed by atoms with Gasteiger partial charge in [0.2, 0.25) is 0 Å². The van der Waals surface area contributed by atoms with Gasteiger partial charge < -0.3 is 5.32 Å². The number of amides is 1. The Balaban J connectivity index is 1.77. The van der Waals surface area contributed by atoms with Crippen molar-refractivity contribution in [2.24, 2.45) is 0 Å². The van der Waals surface area contributed by atoms with Crippen LogP contribution in [-0.4, -0.2) is 25.6 Å². The molecule has 0 aliphatic rings. The van der Waals surface area contributed by atoms with Gasteiger partial charge in [0.05, 0.1) is 10.6 Å². The van der Waals surface area contributed by atoms with E-state index in [2.05, 4.69) is 15.4 Å². The van der Waals surface area contributed by atoms with E-state index in [1.54, 1.807) is 54.3 Å². The lowest BCUT2D eigenvalue weighted by Gasteiger charge is -2.07. The minimum absolute atomic E-state index is 0.0795. The lowest BCUT2D eigenvalue weighted by atomic mass is 10.1. The van der Waals surface area contributed by atoms with E-state index in [0.717, 1.165) is 5.69 Å². The van der Waals surface area contributed by atoms with E-state index in [-0.39, 0.29) is 11.3 Å². The van der Waals surface area contributed by atoms with Gasteiger partial charge in [0.25, 0.3) is 11.6 Å². The van der Waals surface area contributed by atoms with Crippen molar-refractivity contribution >= 4 is 17.3 Å². The number of nitrogens with one attached hydrogen (secondary N) is 1. The number of hydrogen-bond donors (Lipinski definition) is 1. The molecular formula is C16H13N5O3. The first kappa shape index (κ1) is 15.3. The highest BCUT2D eigenvalue weighted by Gasteiger charge is 2.15. The molecule has 1 amide bonds. The van der Waals surface area contributed by atoms with Crippen molar-refractivity contribution in [1.82, 2.24) is 14.8 Å². The average molecular weight is 323 g/mol. The molecule has 0 saturated carbocycles. The van der Waals surface area contributed by atoms with Crippen LogP contribution in [0.5, 0.6) is 0 Å². The molecule has 0 radical (unpaired) electrons. The number of aryl methyl sites for hydroxylation is 1. The summed E-state index contributed by atoms with van der Waals surface area (Å²) in [5.74, 6) is -0.411. The van der Waals surface area contributed by atoms with Crippen LogP contribution >= 0.6 is 0 Å². The van der Waals surface area contributed by atoms with Crippen LogP contribution < -0.4 is 5.32 Å². The van der Waals surface area contributed by atoms with Crippen LogP contribution in [0.1, 0.15) is 15.9 Å². The summed E-state index contributed by atoms with van der Waals surface area (Å²) >= 11 is 0. The minimum Gasteiger partial charge on any atom is -0.322 e. The zero-order valence-electron chi connectivity index (χ0n) is 12.7. The van der Waals surface area contributed by atoms with Crippen LogP contribution in [0, 0.1) is 17.0 Å². The SMILES string of the molecule is Cc1ccc(C(=O)Nc2ccc(-n3cncn3)cc2)cc1[N+](=O)[O-]. The number of carbonyl (C=O) groups excluding carboxylic acids is 1. The van der Waals surface area contributed by atoms with E-state index < -0.39 is 10.8 Å². The quantitative estimate of drug-likeness (QED) is 0.587. The molecule has 0 aliphatic heterocycles. The lowest BCUT2D eigenvalue weighted by Crippen LogP contribution is -2.12. The zero-order valence-corrected chi connectivity index (χ0v) is 12.7. The van der Waals surface area contributed by atoms with Gasteiger partial charge in [-0.25, -0.2) is 9.67 Å². The standard InChI is InChI=1S/C16H13N5O3/c1-11-2-3-12(8-15(11)21(23)24)16(22)19-13-4-6-14(7-5-13)20-10-17-9-18-20/h2-10H,1H3,(H,19,22). The third-order valence-electron chi connectivity index (χ3n) is 3.48. The van der Waals surface area contributed by atoms with Gasteiger partial charge in [0.1, 0.15) is 12.7 Å². The molecule has 8 nitrogen and oxygen atoms in total. The number of hydrogen-bond acceptors (Lipinski definition) is 5. The van der Waals surface area contributed by atoms with Gasteiger partial charge in [-0.2, -0.15) is 5.10 Å². The van der Waals surface area contributed by atoms with Crippen molar-refractivity contribution in [3.8, 4) is 5.69 Å². The molecule has 0 fully saturated rings. The summed E-state index contributed by atoms with van der Waals surface area (Å²) in [6, 6.07) is 11.4. The maximum Gasteiger partial charge on any atom is 0.273 e. The molecule has 3 rings (SSSR count). The predicted octanol–water partition coefficient (Wildman–Crippen LogP) is 2.74. The smallest absolute Gasteiger partial charge is 0.273 e. The monoisotopic (exact) mass is 323 g/mol. The van der Waals surface area contributed by atoms with Crippen molar-refractivity contribution in [2.45, 2.75) is 6.92 Å². The van der Waals surface area contributed by atoms with Crippen molar-refractivity contribution in [3.05, 3.63) is 76.4 Å². The number of nitro groups is 1. The molecule has 0 unspecified atom stereocenters. The molecule has 1 heterocycles. The third kappa shape index (κ3) is 3.12.